The zero-order valence-corrected chi connectivity index (χ0v) is 17.3. The van der Waals surface area contributed by atoms with Crippen molar-refractivity contribution in [3.63, 3.8) is 0 Å². The Hall–Kier alpha value is -3.80. The normalized spacial score (nSPS) is 10.8. The first-order valence-electron chi connectivity index (χ1n) is 9.52. The second kappa shape index (κ2) is 9.60. The molecule has 0 aliphatic carbocycles. The van der Waals surface area contributed by atoms with Crippen LogP contribution in [0.1, 0.15) is 32.6 Å². The number of aryl methyl sites for hydroxylation is 2. The average Bonchev–Trinajstić information content (AvgIpc) is 2.74. The number of nitrogens with one attached hydrogen (secondary N) is 1. The molecular weight excluding hydrogens is 378 g/mol. The molecule has 0 radical (unpaired) electrons. The number of ether oxygens (including phenoxy) is 2. The van der Waals surface area contributed by atoms with Crippen LogP contribution in [0.25, 0.3) is 0 Å². The van der Waals surface area contributed by atoms with Gasteiger partial charge in [-0.2, -0.15) is 5.10 Å². The van der Waals surface area contributed by atoms with Crippen molar-refractivity contribution in [2.75, 3.05) is 12.8 Å². The molecule has 6 heteroatoms. The highest BCUT2D eigenvalue weighted by Crippen LogP contribution is 2.28. The summed E-state index contributed by atoms with van der Waals surface area (Å²) in [5, 5.41) is 4.01. The van der Waals surface area contributed by atoms with Gasteiger partial charge in [0.1, 0.15) is 6.61 Å². The number of rotatable bonds is 7. The van der Waals surface area contributed by atoms with E-state index in [1.807, 2.05) is 12.1 Å². The van der Waals surface area contributed by atoms with Crippen LogP contribution in [0.2, 0.25) is 0 Å². The number of anilines is 1. The van der Waals surface area contributed by atoms with Crippen molar-refractivity contribution >= 4 is 17.8 Å². The van der Waals surface area contributed by atoms with Crippen LogP contribution < -0.4 is 20.6 Å². The van der Waals surface area contributed by atoms with Crippen LogP contribution in [0.5, 0.6) is 11.5 Å². The Morgan fingerprint density at radius 1 is 1.07 bits per heavy atom. The highest BCUT2D eigenvalue weighted by molar-refractivity contribution is 5.95. The van der Waals surface area contributed by atoms with E-state index < -0.39 is 0 Å². The Bertz CT molecular complexity index is 1080. The molecule has 0 aromatic heterocycles. The maximum atomic E-state index is 12.1. The monoisotopic (exact) mass is 403 g/mol. The summed E-state index contributed by atoms with van der Waals surface area (Å²) >= 11 is 0. The number of amides is 1. The first-order valence-corrected chi connectivity index (χ1v) is 9.52. The Labute approximate surface area is 176 Å². The van der Waals surface area contributed by atoms with Crippen molar-refractivity contribution in [2.24, 2.45) is 5.10 Å². The lowest BCUT2D eigenvalue weighted by atomic mass is 10.1. The SMILES string of the molecule is COc1cc(/C=N\NC(=O)c2cccc(N)c2)ccc1OCc1cc(C)ccc1C. The summed E-state index contributed by atoms with van der Waals surface area (Å²) in [5.41, 5.74) is 13.4. The standard InChI is InChI=1S/C24H25N3O3/c1-16-7-8-17(2)20(11-16)15-30-22-10-9-18(12-23(22)29-3)14-26-27-24(28)19-5-4-6-21(25)13-19/h4-14H,15,25H2,1-3H3,(H,27,28)/b26-14-. The number of hydrazone groups is 1. The third-order valence-electron chi connectivity index (χ3n) is 4.60. The summed E-state index contributed by atoms with van der Waals surface area (Å²) in [7, 11) is 1.59. The Kier molecular flexibility index (Phi) is 6.70. The molecule has 3 aromatic carbocycles. The van der Waals surface area contributed by atoms with Gasteiger partial charge in [0.15, 0.2) is 11.5 Å². The Balaban J connectivity index is 1.65. The van der Waals surface area contributed by atoms with Gasteiger partial charge in [0.2, 0.25) is 0 Å². The number of hydrogen-bond acceptors (Lipinski definition) is 5. The van der Waals surface area contributed by atoms with Crippen molar-refractivity contribution in [3.05, 3.63) is 88.5 Å². The van der Waals surface area contributed by atoms with Gasteiger partial charge in [-0.25, -0.2) is 5.43 Å². The molecule has 1 amide bonds. The minimum atomic E-state index is -0.334. The quantitative estimate of drug-likeness (QED) is 0.351. The van der Waals surface area contributed by atoms with Crippen molar-refractivity contribution in [1.82, 2.24) is 5.43 Å². The molecule has 0 unspecified atom stereocenters. The molecular formula is C24H25N3O3. The van der Waals surface area contributed by atoms with Crippen molar-refractivity contribution in [2.45, 2.75) is 20.5 Å². The summed E-state index contributed by atoms with van der Waals surface area (Å²) in [6.07, 6.45) is 1.54. The number of nitrogen functional groups attached to an aromatic ring is 1. The minimum absolute atomic E-state index is 0.334. The van der Waals surface area contributed by atoms with Gasteiger partial charge in [-0.05, 0) is 66.9 Å². The minimum Gasteiger partial charge on any atom is -0.493 e. The second-order valence-electron chi connectivity index (χ2n) is 6.95. The molecule has 0 saturated carbocycles. The molecule has 3 rings (SSSR count). The van der Waals surface area contributed by atoms with Crippen molar-refractivity contribution in [3.8, 4) is 11.5 Å². The first kappa shape index (κ1) is 20.9. The van der Waals surface area contributed by atoms with Gasteiger partial charge in [-0.3, -0.25) is 4.79 Å². The van der Waals surface area contributed by atoms with Crippen molar-refractivity contribution < 1.29 is 14.3 Å². The number of nitrogens with two attached hydrogens (primary N) is 1. The fraction of sp³-hybridized carbons (Fsp3) is 0.167. The van der Waals surface area contributed by atoms with Gasteiger partial charge < -0.3 is 15.2 Å². The summed E-state index contributed by atoms with van der Waals surface area (Å²) in [6.45, 7) is 4.57. The molecule has 3 N–H and O–H groups in total. The lowest BCUT2D eigenvalue weighted by Gasteiger charge is -2.13. The average molecular weight is 403 g/mol. The third kappa shape index (κ3) is 5.38. The zero-order valence-electron chi connectivity index (χ0n) is 17.3. The van der Waals surface area contributed by atoms with Crippen LogP contribution in [-0.4, -0.2) is 19.2 Å². The number of methoxy groups -OCH3 is 1. The largest absolute Gasteiger partial charge is 0.493 e. The smallest absolute Gasteiger partial charge is 0.271 e. The van der Waals surface area contributed by atoms with E-state index in [0.29, 0.717) is 29.4 Å². The highest BCUT2D eigenvalue weighted by atomic mass is 16.5. The topological polar surface area (TPSA) is 85.9 Å². The number of carbonyl (C=O) groups excluding carboxylic acids is 1. The first-order chi connectivity index (χ1) is 14.5. The van der Waals surface area contributed by atoms with E-state index >= 15 is 0 Å². The van der Waals surface area contributed by atoms with Gasteiger partial charge in [0, 0.05) is 11.3 Å². The van der Waals surface area contributed by atoms with Gasteiger partial charge in [-0.1, -0.05) is 29.8 Å². The highest BCUT2D eigenvalue weighted by Gasteiger charge is 2.08. The predicted molar refractivity (Wildman–Crippen MR) is 119 cm³/mol. The van der Waals surface area contributed by atoms with Crippen LogP contribution in [-0.2, 0) is 6.61 Å². The van der Waals surface area contributed by atoms with E-state index in [2.05, 4.69) is 42.6 Å². The maximum Gasteiger partial charge on any atom is 0.271 e. The third-order valence-corrected chi connectivity index (χ3v) is 4.60. The van der Waals surface area contributed by atoms with Crippen LogP contribution in [0, 0.1) is 13.8 Å². The number of benzene rings is 3. The van der Waals surface area contributed by atoms with Gasteiger partial charge >= 0.3 is 0 Å². The molecule has 0 spiro atoms. The molecule has 30 heavy (non-hydrogen) atoms. The molecule has 0 heterocycles. The number of carbonyl (C=O) groups is 1. The van der Waals surface area contributed by atoms with E-state index in [9.17, 15) is 4.79 Å². The van der Waals surface area contributed by atoms with E-state index in [1.165, 1.54) is 11.1 Å². The van der Waals surface area contributed by atoms with Crippen LogP contribution in [0.15, 0.2) is 65.8 Å². The molecule has 0 aliphatic heterocycles. The number of hydrogen-bond donors (Lipinski definition) is 2. The molecule has 0 atom stereocenters. The van der Waals surface area contributed by atoms with Gasteiger partial charge in [-0.15, -0.1) is 0 Å². The van der Waals surface area contributed by atoms with E-state index in [0.717, 1.165) is 11.1 Å². The van der Waals surface area contributed by atoms with Crippen LogP contribution in [0.3, 0.4) is 0 Å². The Morgan fingerprint density at radius 3 is 2.67 bits per heavy atom. The summed E-state index contributed by atoms with van der Waals surface area (Å²) in [4.78, 5) is 12.1. The van der Waals surface area contributed by atoms with Crippen LogP contribution >= 0.6 is 0 Å². The lowest BCUT2D eigenvalue weighted by molar-refractivity contribution is 0.0955. The second-order valence-corrected chi connectivity index (χ2v) is 6.95. The molecule has 6 nitrogen and oxygen atoms in total. The zero-order chi connectivity index (χ0) is 21.5. The fourth-order valence-electron chi connectivity index (χ4n) is 2.90. The molecule has 3 aromatic rings. The van der Waals surface area contributed by atoms with E-state index in [1.54, 1.807) is 43.7 Å². The molecule has 154 valence electrons. The molecule has 0 aliphatic rings. The van der Waals surface area contributed by atoms with Crippen molar-refractivity contribution in [1.29, 1.82) is 0 Å². The molecule has 0 fully saturated rings. The van der Waals surface area contributed by atoms with E-state index in [-0.39, 0.29) is 5.91 Å². The molecule has 0 bridgehead atoms. The maximum absolute atomic E-state index is 12.1. The van der Waals surface area contributed by atoms with Crippen LogP contribution in [0.4, 0.5) is 5.69 Å². The molecule has 0 saturated heterocycles. The Morgan fingerprint density at radius 2 is 1.90 bits per heavy atom. The fourth-order valence-corrected chi connectivity index (χ4v) is 2.90. The van der Waals surface area contributed by atoms with Gasteiger partial charge in [0.05, 0.1) is 13.3 Å². The predicted octanol–water partition coefficient (Wildman–Crippen LogP) is 4.24. The van der Waals surface area contributed by atoms with E-state index in [4.69, 9.17) is 15.2 Å². The summed E-state index contributed by atoms with van der Waals surface area (Å²) < 4.78 is 11.4. The summed E-state index contributed by atoms with van der Waals surface area (Å²) in [5.74, 6) is 0.893. The lowest BCUT2D eigenvalue weighted by Crippen LogP contribution is -2.17. The summed E-state index contributed by atoms with van der Waals surface area (Å²) in [6, 6.07) is 18.5. The number of nitrogens with zero attached hydrogens (tertiary/aromatic N) is 1. The van der Waals surface area contributed by atoms with Gasteiger partial charge in [0.25, 0.3) is 5.91 Å².